The summed E-state index contributed by atoms with van der Waals surface area (Å²) in [6.45, 7) is 3.80. The second-order valence-electron chi connectivity index (χ2n) is 3.88. The van der Waals surface area contributed by atoms with Crippen LogP contribution in [0.4, 0.5) is 0 Å². The number of aliphatic hydroxyl groups excluding tert-OH is 1. The van der Waals surface area contributed by atoms with Gasteiger partial charge in [0.05, 0.1) is 6.10 Å². The second-order valence-corrected chi connectivity index (χ2v) is 3.88. The van der Waals surface area contributed by atoms with E-state index in [9.17, 15) is 9.90 Å². The summed E-state index contributed by atoms with van der Waals surface area (Å²) in [6, 6.07) is 9.17. The van der Waals surface area contributed by atoms with Crippen molar-refractivity contribution in [2.45, 2.75) is 32.5 Å². The van der Waals surface area contributed by atoms with Gasteiger partial charge in [0.2, 0.25) is 0 Å². The Labute approximate surface area is 102 Å². The number of nitrogens with one attached hydrogen (secondary N) is 1. The standard InChI is InChI=1S/C13H19NO3/c1-3-11(15)9-14-13(16)10(2)17-12-7-5-4-6-8-12/h4-8,10-11,15H,3,9H2,1-2H3,(H,14,16). The van der Waals surface area contributed by atoms with Crippen molar-refractivity contribution in [3.63, 3.8) is 0 Å². The minimum atomic E-state index is -0.568. The van der Waals surface area contributed by atoms with Gasteiger partial charge in [-0.25, -0.2) is 0 Å². The molecule has 2 atom stereocenters. The van der Waals surface area contributed by atoms with E-state index in [1.54, 1.807) is 19.1 Å². The molecule has 94 valence electrons. The van der Waals surface area contributed by atoms with Gasteiger partial charge in [-0.15, -0.1) is 0 Å². The lowest BCUT2D eigenvalue weighted by Gasteiger charge is -2.16. The van der Waals surface area contributed by atoms with Crippen LogP contribution in [0, 0.1) is 0 Å². The summed E-state index contributed by atoms with van der Waals surface area (Å²) in [6.07, 6.45) is -0.446. The molecule has 1 amide bonds. The van der Waals surface area contributed by atoms with Gasteiger partial charge in [-0.05, 0) is 25.5 Å². The van der Waals surface area contributed by atoms with E-state index in [1.165, 1.54) is 0 Å². The van der Waals surface area contributed by atoms with E-state index < -0.39 is 12.2 Å². The molecular formula is C13H19NO3. The number of para-hydroxylation sites is 1. The third-order valence-corrected chi connectivity index (χ3v) is 2.41. The largest absolute Gasteiger partial charge is 0.481 e. The first kappa shape index (κ1) is 13.5. The lowest BCUT2D eigenvalue weighted by molar-refractivity contribution is -0.127. The molecule has 0 aliphatic heterocycles. The molecule has 4 heteroatoms. The maximum Gasteiger partial charge on any atom is 0.260 e. The topological polar surface area (TPSA) is 58.6 Å². The minimum absolute atomic E-state index is 0.221. The molecule has 0 radical (unpaired) electrons. The molecule has 0 aliphatic carbocycles. The summed E-state index contributed by atoms with van der Waals surface area (Å²) in [4.78, 5) is 11.6. The Bertz CT molecular complexity index is 340. The Morgan fingerprint density at radius 2 is 2.06 bits per heavy atom. The first-order chi connectivity index (χ1) is 8.13. The summed E-state index contributed by atoms with van der Waals surface area (Å²) >= 11 is 0. The molecule has 0 saturated carbocycles. The molecule has 0 aromatic heterocycles. The van der Waals surface area contributed by atoms with Crippen molar-refractivity contribution in [1.29, 1.82) is 0 Å². The molecule has 0 saturated heterocycles. The molecular weight excluding hydrogens is 218 g/mol. The van der Waals surface area contributed by atoms with Gasteiger partial charge in [0.15, 0.2) is 6.10 Å². The van der Waals surface area contributed by atoms with Gasteiger partial charge in [0.1, 0.15) is 5.75 Å². The maximum absolute atomic E-state index is 11.6. The van der Waals surface area contributed by atoms with E-state index >= 15 is 0 Å². The van der Waals surface area contributed by atoms with E-state index in [4.69, 9.17) is 4.74 Å². The Morgan fingerprint density at radius 1 is 1.41 bits per heavy atom. The van der Waals surface area contributed by atoms with Crippen LogP contribution < -0.4 is 10.1 Å². The van der Waals surface area contributed by atoms with Crippen molar-refractivity contribution in [3.05, 3.63) is 30.3 Å². The number of carbonyl (C=O) groups is 1. The van der Waals surface area contributed by atoms with Gasteiger partial charge < -0.3 is 15.2 Å². The lowest BCUT2D eigenvalue weighted by atomic mass is 10.2. The van der Waals surface area contributed by atoms with Crippen molar-refractivity contribution < 1.29 is 14.6 Å². The Morgan fingerprint density at radius 3 is 2.65 bits per heavy atom. The molecule has 0 bridgehead atoms. The van der Waals surface area contributed by atoms with Gasteiger partial charge in [-0.2, -0.15) is 0 Å². The van der Waals surface area contributed by atoms with E-state index in [0.29, 0.717) is 12.2 Å². The third-order valence-electron chi connectivity index (χ3n) is 2.41. The normalized spacial score (nSPS) is 13.8. The number of hydrogen-bond donors (Lipinski definition) is 2. The molecule has 0 heterocycles. The van der Waals surface area contributed by atoms with Gasteiger partial charge in [0, 0.05) is 6.54 Å². The average Bonchev–Trinajstić information content (AvgIpc) is 2.36. The maximum atomic E-state index is 11.6. The monoisotopic (exact) mass is 237 g/mol. The number of aliphatic hydroxyl groups is 1. The number of carbonyl (C=O) groups excluding carboxylic acids is 1. The molecule has 1 aromatic carbocycles. The van der Waals surface area contributed by atoms with E-state index in [-0.39, 0.29) is 12.5 Å². The molecule has 4 nitrogen and oxygen atoms in total. The molecule has 1 aromatic rings. The fourth-order valence-electron chi connectivity index (χ4n) is 1.26. The number of amides is 1. The highest BCUT2D eigenvalue weighted by Crippen LogP contribution is 2.10. The summed E-state index contributed by atoms with van der Waals surface area (Å²) in [7, 11) is 0. The number of hydrogen-bond acceptors (Lipinski definition) is 3. The molecule has 0 fully saturated rings. The van der Waals surface area contributed by atoms with Crippen molar-refractivity contribution >= 4 is 5.91 Å². The Balaban J connectivity index is 2.37. The van der Waals surface area contributed by atoms with Gasteiger partial charge in [0.25, 0.3) is 5.91 Å². The quantitative estimate of drug-likeness (QED) is 0.785. The summed E-state index contributed by atoms with van der Waals surface area (Å²) in [5, 5.41) is 12.0. The highest BCUT2D eigenvalue weighted by atomic mass is 16.5. The van der Waals surface area contributed by atoms with Crippen LogP contribution in [0.1, 0.15) is 20.3 Å². The fourth-order valence-corrected chi connectivity index (χ4v) is 1.26. The van der Waals surface area contributed by atoms with E-state index in [2.05, 4.69) is 5.32 Å². The van der Waals surface area contributed by atoms with Crippen molar-refractivity contribution in [2.75, 3.05) is 6.54 Å². The van der Waals surface area contributed by atoms with Crippen molar-refractivity contribution in [2.24, 2.45) is 0 Å². The lowest BCUT2D eigenvalue weighted by Crippen LogP contribution is -2.40. The first-order valence-corrected chi connectivity index (χ1v) is 5.81. The summed E-state index contributed by atoms with van der Waals surface area (Å²) < 4.78 is 5.45. The predicted molar refractivity (Wildman–Crippen MR) is 65.8 cm³/mol. The van der Waals surface area contributed by atoms with E-state index in [1.807, 2.05) is 25.1 Å². The zero-order valence-electron chi connectivity index (χ0n) is 10.2. The zero-order chi connectivity index (χ0) is 12.7. The van der Waals surface area contributed by atoms with Crippen molar-refractivity contribution in [1.82, 2.24) is 5.32 Å². The molecule has 0 spiro atoms. The van der Waals surface area contributed by atoms with Crippen molar-refractivity contribution in [3.8, 4) is 5.75 Å². The van der Waals surface area contributed by atoms with Crippen LogP contribution >= 0.6 is 0 Å². The van der Waals surface area contributed by atoms with Gasteiger partial charge in [-0.3, -0.25) is 4.79 Å². The second kappa shape index (κ2) is 6.91. The predicted octanol–water partition coefficient (Wildman–Crippen LogP) is 1.34. The fraction of sp³-hybridized carbons (Fsp3) is 0.462. The molecule has 2 unspecified atom stereocenters. The smallest absolute Gasteiger partial charge is 0.260 e. The average molecular weight is 237 g/mol. The van der Waals surface area contributed by atoms with Crippen LogP contribution in [-0.2, 0) is 4.79 Å². The molecule has 1 rings (SSSR count). The number of ether oxygens (including phenoxy) is 1. The van der Waals surface area contributed by atoms with Crippen LogP contribution in [0.3, 0.4) is 0 Å². The highest BCUT2D eigenvalue weighted by molar-refractivity contribution is 5.80. The van der Waals surface area contributed by atoms with E-state index in [0.717, 1.165) is 0 Å². The van der Waals surface area contributed by atoms with Gasteiger partial charge >= 0.3 is 0 Å². The summed E-state index contributed by atoms with van der Waals surface area (Å²) in [5.74, 6) is 0.438. The Hall–Kier alpha value is -1.55. The van der Waals surface area contributed by atoms with Gasteiger partial charge in [-0.1, -0.05) is 25.1 Å². The SMILES string of the molecule is CCC(O)CNC(=O)C(C)Oc1ccccc1. The minimum Gasteiger partial charge on any atom is -0.481 e. The van der Waals surface area contributed by atoms with Crippen LogP contribution in [0.2, 0.25) is 0 Å². The van der Waals surface area contributed by atoms with Crippen LogP contribution in [0.25, 0.3) is 0 Å². The molecule has 17 heavy (non-hydrogen) atoms. The number of rotatable bonds is 6. The number of benzene rings is 1. The zero-order valence-corrected chi connectivity index (χ0v) is 10.2. The van der Waals surface area contributed by atoms with Crippen LogP contribution in [0.5, 0.6) is 5.75 Å². The first-order valence-electron chi connectivity index (χ1n) is 5.81. The van der Waals surface area contributed by atoms with Crippen LogP contribution in [0.15, 0.2) is 30.3 Å². The summed E-state index contributed by atoms with van der Waals surface area (Å²) in [5.41, 5.74) is 0. The highest BCUT2D eigenvalue weighted by Gasteiger charge is 2.14. The molecule has 2 N–H and O–H groups in total. The molecule has 0 aliphatic rings. The van der Waals surface area contributed by atoms with Crippen LogP contribution in [-0.4, -0.2) is 29.8 Å². The Kier molecular flexibility index (Phi) is 5.49. The third kappa shape index (κ3) is 4.87.